The SMILES string of the molecule is COc1ccc(CN(CC2CCCO2)C2CCN(C(=O)c3cccc(OC)c3)[C@@H](C(=O)NCCN)C2)cc1. The summed E-state index contributed by atoms with van der Waals surface area (Å²) in [5.41, 5.74) is 7.33. The Bertz CT molecular complexity index is 1060. The lowest BCUT2D eigenvalue weighted by Gasteiger charge is -2.43. The second-order valence-corrected chi connectivity index (χ2v) is 9.92. The van der Waals surface area contributed by atoms with Crippen LogP contribution in [0.15, 0.2) is 48.5 Å². The zero-order chi connectivity index (χ0) is 26.9. The van der Waals surface area contributed by atoms with Crippen molar-refractivity contribution in [2.24, 2.45) is 5.73 Å². The number of hydrogen-bond donors (Lipinski definition) is 2. The average molecular weight is 525 g/mol. The van der Waals surface area contributed by atoms with Crippen LogP contribution in [0.5, 0.6) is 11.5 Å². The number of carbonyl (C=O) groups is 2. The van der Waals surface area contributed by atoms with Crippen molar-refractivity contribution in [1.82, 2.24) is 15.1 Å². The number of benzene rings is 2. The van der Waals surface area contributed by atoms with E-state index in [-0.39, 0.29) is 24.0 Å². The molecule has 0 aromatic heterocycles. The smallest absolute Gasteiger partial charge is 0.254 e. The minimum Gasteiger partial charge on any atom is -0.497 e. The second kappa shape index (κ2) is 13.6. The molecule has 2 saturated heterocycles. The van der Waals surface area contributed by atoms with Gasteiger partial charge in [-0.05, 0) is 61.6 Å². The molecule has 2 fully saturated rings. The third-order valence-electron chi connectivity index (χ3n) is 7.42. The van der Waals surface area contributed by atoms with Gasteiger partial charge in [0.05, 0.1) is 20.3 Å². The molecular weight excluding hydrogens is 484 g/mol. The molecule has 2 aliphatic rings. The molecule has 9 nitrogen and oxygen atoms in total. The summed E-state index contributed by atoms with van der Waals surface area (Å²) in [7, 11) is 3.23. The molecule has 2 aliphatic heterocycles. The van der Waals surface area contributed by atoms with Gasteiger partial charge in [0.25, 0.3) is 5.91 Å². The summed E-state index contributed by atoms with van der Waals surface area (Å²) in [5, 5.41) is 2.92. The number of amides is 2. The fourth-order valence-electron chi connectivity index (χ4n) is 5.36. The van der Waals surface area contributed by atoms with Crippen LogP contribution in [0, 0.1) is 0 Å². The van der Waals surface area contributed by atoms with E-state index in [1.54, 1.807) is 43.4 Å². The number of piperidine rings is 1. The molecule has 4 rings (SSSR count). The van der Waals surface area contributed by atoms with E-state index < -0.39 is 6.04 Å². The Labute approximate surface area is 225 Å². The third kappa shape index (κ3) is 7.03. The molecule has 9 heteroatoms. The molecule has 2 aromatic rings. The van der Waals surface area contributed by atoms with Gasteiger partial charge < -0.3 is 30.2 Å². The molecule has 2 amide bonds. The number of nitrogens with two attached hydrogens (primary N) is 1. The van der Waals surface area contributed by atoms with Crippen molar-refractivity contribution in [2.45, 2.75) is 50.4 Å². The van der Waals surface area contributed by atoms with Crippen LogP contribution in [0.2, 0.25) is 0 Å². The quantitative estimate of drug-likeness (QED) is 0.465. The van der Waals surface area contributed by atoms with Crippen LogP contribution in [0.25, 0.3) is 0 Å². The number of likely N-dealkylation sites (tertiary alicyclic amines) is 1. The van der Waals surface area contributed by atoms with Gasteiger partial charge in [-0.1, -0.05) is 18.2 Å². The highest BCUT2D eigenvalue weighted by Crippen LogP contribution is 2.28. The highest BCUT2D eigenvalue weighted by molar-refractivity contribution is 5.98. The molecule has 0 bridgehead atoms. The molecule has 0 spiro atoms. The van der Waals surface area contributed by atoms with Crippen LogP contribution in [0.3, 0.4) is 0 Å². The van der Waals surface area contributed by atoms with E-state index in [1.807, 2.05) is 12.1 Å². The van der Waals surface area contributed by atoms with Crippen molar-refractivity contribution in [1.29, 1.82) is 0 Å². The van der Waals surface area contributed by atoms with Gasteiger partial charge >= 0.3 is 0 Å². The second-order valence-electron chi connectivity index (χ2n) is 9.92. The van der Waals surface area contributed by atoms with E-state index in [2.05, 4.69) is 22.3 Å². The number of rotatable bonds is 11. The third-order valence-corrected chi connectivity index (χ3v) is 7.42. The number of methoxy groups -OCH3 is 2. The molecule has 3 atom stereocenters. The summed E-state index contributed by atoms with van der Waals surface area (Å²) in [5.74, 6) is 1.09. The summed E-state index contributed by atoms with van der Waals surface area (Å²) in [6, 6.07) is 14.7. The molecule has 0 radical (unpaired) electrons. The van der Waals surface area contributed by atoms with Gasteiger partial charge in [0.15, 0.2) is 0 Å². The van der Waals surface area contributed by atoms with Gasteiger partial charge in [-0.15, -0.1) is 0 Å². The van der Waals surface area contributed by atoms with Crippen molar-refractivity contribution < 1.29 is 23.8 Å². The van der Waals surface area contributed by atoms with E-state index in [4.69, 9.17) is 19.9 Å². The first-order chi connectivity index (χ1) is 18.5. The summed E-state index contributed by atoms with van der Waals surface area (Å²) < 4.78 is 16.6. The largest absolute Gasteiger partial charge is 0.497 e. The highest BCUT2D eigenvalue weighted by atomic mass is 16.5. The highest BCUT2D eigenvalue weighted by Gasteiger charge is 2.39. The predicted octanol–water partition coefficient (Wildman–Crippen LogP) is 2.43. The molecule has 2 aromatic carbocycles. The van der Waals surface area contributed by atoms with Gasteiger partial charge in [-0.25, -0.2) is 0 Å². The molecule has 3 N–H and O–H groups in total. The lowest BCUT2D eigenvalue weighted by atomic mass is 9.93. The zero-order valence-corrected chi connectivity index (χ0v) is 22.4. The fraction of sp³-hybridized carbons (Fsp3) is 0.517. The first kappa shape index (κ1) is 27.9. The van der Waals surface area contributed by atoms with E-state index in [0.29, 0.717) is 37.4 Å². The summed E-state index contributed by atoms with van der Waals surface area (Å²) >= 11 is 0. The number of hydrogen-bond acceptors (Lipinski definition) is 7. The molecule has 0 saturated carbocycles. The minimum atomic E-state index is -0.595. The normalized spacial score (nSPS) is 21.4. The zero-order valence-electron chi connectivity index (χ0n) is 22.4. The van der Waals surface area contributed by atoms with Gasteiger partial charge in [-0.3, -0.25) is 14.5 Å². The van der Waals surface area contributed by atoms with E-state index in [9.17, 15) is 9.59 Å². The molecule has 206 valence electrons. The van der Waals surface area contributed by atoms with Crippen LogP contribution >= 0.6 is 0 Å². The maximum Gasteiger partial charge on any atom is 0.254 e. The first-order valence-electron chi connectivity index (χ1n) is 13.4. The van der Waals surface area contributed by atoms with Gasteiger partial charge in [-0.2, -0.15) is 0 Å². The van der Waals surface area contributed by atoms with Gasteiger partial charge in [0, 0.05) is 50.9 Å². The van der Waals surface area contributed by atoms with Crippen LogP contribution in [-0.4, -0.2) is 86.8 Å². The minimum absolute atomic E-state index is 0.115. The summed E-state index contributed by atoms with van der Waals surface area (Å²) in [6.45, 7) is 3.50. The van der Waals surface area contributed by atoms with Crippen LogP contribution < -0.4 is 20.5 Å². The molecule has 2 unspecified atom stereocenters. The average Bonchev–Trinajstić information content (AvgIpc) is 3.48. The Kier molecular flexibility index (Phi) is 9.98. The van der Waals surface area contributed by atoms with E-state index in [1.165, 1.54) is 5.56 Å². The molecular formula is C29H40N4O5. The standard InChI is InChI=1S/C29H40N4O5/c1-36-24-10-8-21(9-11-24)19-32(20-26-7-4-16-38-26)23-12-15-33(27(18-23)28(34)31-14-13-30)29(35)22-5-3-6-25(17-22)37-2/h3,5-6,8-11,17,23,26-27H,4,7,12-16,18-20,30H2,1-2H3,(H,31,34)/t23?,26?,27-/m1/s1. The molecule has 2 heterocycles. The Balaban J connectivity index is 1.55. The van der Waals surface area contributed by atoms with Crippen molar-refractivity contribution in [3.05, 3.63) is 59.7 Å². The number of carbonyl (C=O) groups excluding carboxylic acids is 2. The topological polar surface area (TPSA) is 106 Å². The number of ether oxygens (including phenoxy) is 3. The van der Waals surface area contributed by atoms with Crippen molar-refractivity contribution in [3.8, 4) is 11.5 Å². The van der Waals surface area contributed by atoms with E-state index >= 15 is 0 Å². The van der Waals surface area contributed by atoms with Crippen molar-refractivity contribution in [3.63, 3.8) is 0 Å². The Morgan fingerprint density at radius 2 is 1.89 bits per heavy atom. The maximum atomic E-state index is 13.6. The summed E-state index contributed by atoms with van der Waals surface area (Å²) in [6.07, 6.45) is 3.58. The Hall–Kier alpha value is -3.14. The van der Waals surface area contributed by atoms with Gasteiger partial charge in [0.1, 0.15) is 17.5 Å². The molecule has 0 aliphatic carbocycles. The lowest BCUT2D eigenvalue weighted by Crippen LogP contribution is -2.58. The number of nitrogens with zero attached hydrogens (tertiary/aromatic N) is 2. The molecule has 38 heavy (non-hydrogen) atoms. The Morgan fingerprint density at radius 3 is 2.58 bits per heavy atom. The monoisotopic (exact) mass is 524 g/mol. The van der Waals surface area contributed by atoms with Crippen LogP contribution in [-0.2, 0) is 16.1 Å². The van der Waals surface area contributed by atoms with Crippen LogP contribution in [0.1, 0.15) is 41.6 Å². The first-order valence-corrected chi connectivity index (χ1v) is 13.4. The number of nitrogens with one attached hydrogen (secondary N) is 1. The fourth-order valence-corrected chi connectivity index (χ4v) is 5.36. The summed E-state index contributed by atoms with van der Waals surface area (Å²) in [4.78, 5) is 31.0. The van der Waals surface area contributed by atoms with Gasteiger partial charge in [0.2, 0.25) is 5.91 Å². The maximum absolute atomic E-state index is 13.6. The van der Waals surface area contributed by atoms with Crippen molar-refractivity contribution >= 4 is 11.8 Å². The van der Waals surface area contributed by atoms with E-state index in [0.717, 1.165) is 44.7 Å². The lowest BCUT2D eigenvalue weighted by molar-refractivity contribution is -0.127. The van der Waals surface area contributed by atoms with Crippen molar-refractivity contribution in [2.75, 3.05) is 47.0 Å². The Morgan fingerprint density at radius 1 is 1.11 bits per heavy atom. The van der Waals surface area contributed by atoms with Crippen LogP contribution in [0.4, 0.5) is 0 Å². The predicted molar refractivity (Wildman–Crippen MR) is 145 cm³/mol.